The molecule has 0 bridgehead atoms. The molecule has 1 N–H and O–H groups in total. The number of hydrogen-bond donors (Lipinski definition) is 1. The minimum absolute atomic E-state index is 0.0543. The molecule has 2 heterocycles. The molecule has 9 heteroatoms. The maximum Gasteiger partial charge on any atom is 0.263 e. The van der Waals surface area contributed by atoms with Crippen molar-refractivity contribution in [3.05, 3.63) is 65.7 Å². The van der Waals surface area contributed by atoms with E-state index >= 15 is 0 Å². The van der Waals surface area contributed by atoms with Crippen molar-refractivity contribution in [2.24, 2.45) is 0 Å². The first-order chi connectivity index (χ1) is 14.1. The van der Waals surface area contributed by atoms with Crippen LogP contribution in [-0.4, -0.2) is 38.1 Å². The van der Waals surface area contributed by atoms with Gasteiger partial charge in [0.05, 0.1) is 28.1 Å². The molecule has 0 aliphatic carbocycles. The van der Waals surface area contributed by atoms with Gasteiger partial charge >= 0.3 is 0 Å². The Labute approximate surface area is 176 Å². The van der Waals surface area contributed by atoms with Gasteiger partial charge in [-0.15, -0.1) is 0 Å². The van der Waals surface area contributed by atoms with E-state index in [4.69, 9.17) is 0 Å². The summed E-state index contributed by atoms with van der Waals surface area (Å²) in [6, 6.07) is 15.5. The van der Waals surface area contributed by atoms with Crippen molar-refractivity contribution in [2.45, 2.75) is 31.2 Å². The number of nitrogens with zero attached hydrogens (tertiary/aromatic N) is 2. The van der Waals surface area contributed by atoms with Gasteiger partial charge in [0.15, 0.2) is 9.84 Å². The van der Waals surface area contributed by atoms with E-state index in [9.17, 15) is 16.8 Å². The Morgan fingerprint density at radius 3 is 2.17 bits per heavy atom. The zero-order chi connectivity index (χ0) is 21.5. The molecule has 2 aromatic carbocycles. The van der Waals surface area contributed by atoms with Gasteiger partial charge in [0.2, 0.25) is 0 Å². The summed E-state index contributed by atoms with van der Waals surface area (Å²) in [5, 5.41) is 4.57. The number of sulfone groups is 1. The van der Waals surface area contributed by atoms with Crippen molar-refractivity contribution in [3.63, 3.8) is 0 Å². The maximum absolute atomic E-state index is 12.9. The molecule has 1 saturated heterocycles. The van der Waals surface area contributed by atoms with Crippen LogP contribution in [0.1, 0.15) is 23.6 Å². The third-order valence-corrected chi connectivity index (χ3v) is 8.33. The number of aromatic nitrogens is 2. The first-order valence-electron chi connectivity index (χ1n) is 9.59. The molecule has 0 spiro atoms. The third kappa shape index (κ3) is 4.27. The number of hydrogen-bond acceptors (Lipinski definition) is 5. The number of nitrogens with one attached hydrogen (secondary N) is 1. The summed E-state index contributed by atoms with van der Waals surface area (Å²) < 4.78 is 54.0. The lowest BCUT2D eigenvalue weighted by Crippen LogP contribution is -2.20. The van der Waals surface area contributed by atoms with Crippen molar-refractivity contribution < 1.29 is 16.8 Å². The molecule has 158 valence electrons. The Morgan fingerprint density at radius 1 is 1.00 bits per heavy atom. The molecule has 1 aliphatic rings. The molecular formula is C21H23N3O4S2. The van der Waals surface area contributed by atoms with E-state index in [-0.39, 0.29) is 22.2 Å². The highest BCUT2D eigenvalue weighted by molar-refractivity contribution is 7.92. The van der Waals surface area contributed by atoms with Gasteiger partial charge in [0.1, 0.15) is 5.82 Å². The van der Waals surface area contributed by atoms with Gasteiger partial charge in [-0.25, -0.2) is 21.5 Å². The second-order valence-corrected chi connectivity index (χ2v) is 11.6. The fourth-order valence-corrected chi connectivity index (χ4v) is 6.23. The van der Waals surface area contributed by atoms with E-state index in [1.807, 2.05) is 38.1 Å². The number of rotatable bonds is 5. The summed E-state index contributed by atoms with van der Waals surface area (Å²) in [4.78, 5) is 0.136. The second kappa shape index (κ2) is 7.55. The van der Waals surface area contributed by atoms with Crippen LogP contribution in [-0.2, 0) is 19.9 Å². The molecule has 0 saturated carbocycles. The van der Waals surface area contributed by atoms with Gasteiger partial charge in [-0.2, -0.15) is 5.10 Å². The zero-order valence-corrected chi connectivity index (χ0v) is 18.4. The molecular weight excluding hydrogens is 422 g/mol. The van der Waals surface area contributed by atoms with E-state index in [2.05, 4.69) is 9.82 Å². The van der Waals surface area contributed by atoms with E-state index in [1.165, 1.54) is 4.68 Å². The largest absolute Gasteiger partial charge is 0.264 e. The Kier molecular flexibility index (Phi) is 5.19. The topological polar surface area (TPSA) is 98.1 Å². The van der Waals surface area contributed by atoms with E-state index in [0.717, 1.165) is 16.7 Å². The average Bonchev–Trinajstić information content (AvgIpc) is 3.25. The normalized spacial score (nSPS) is 18.4. The monoisotopic (exact) mass is 445 g/mol. The molecule has 7 nitrogen and oxygen atoms in total. The van der Waals surface area contributed by atoms with Crippen molar-refractivity contribution in [3.8, 4) is 11.3 Å². The Bertz CT molecular complexity index is 1280. The molecule has 3 aromatic rings. The highest BCUT2D eigenvalue weighted by Crippen LogP contribution is 2.31. The maximum atomic E-state index is 12.9. The molecule has 0 amide bonds. The second-order valence-electron chi connectivity index (χ2n) is 7.70. The van der Waals surface area contributed by atoms with E-state index in [1.54, 1.807) is 30.3 Å². The Hall–Kier alpha value is -2.65. The standard InChI is InChI=1S/C21H23N3O4S2/c1-15-3-7-17(8-4-15)20-13-21(24(22-20)18-11-12-29(25,26)14-18)23-30(27,28)19-9-5-16(2)6-10-19/h3-10,13,18,23H,11-12,14H2,1-2H3/t18-/m1/s1. The minimum Gasteiger partial charge on any atom is -0.264 e. The molecule has 30 heavy (non-hydrogen) atoms. The van der Waals surface area contributed by atoms with Crippen LogP contribution < -0.4 is 4.72 Å². The molecule has 0 radical (unpaired) electrons. The summed E-state index contributed by atoms with van der Waals surface area (Å²) >= 11 is 0. The van der Waals surface area contributed by atoms with Crippen LogP contribution in [0.3, 0.4) is 0 Å². The van der Waals surface area contributed by atoms with Gasteiger partial charge in [-0.05, 0) is 32.4 Å². The average molecular weight is 446 g/mol. The lowest BCUT2D eigenvalue weighted by molar-refractivity contribution is 0.507. The van der Waals surface area contributed by atoms with E-state index < -0.39 is 25.9 Å². The van der Waals surface area contributed by atoms with Crippen LogP contribution >= 0.6 is 0 Å². The fraction of sp³-hybridized carbons (Fsp3) is 0.286. The summed E-state index contributed by atoms with van der Waals surface area (Å²) in [6.45, 7) is 3.86. The first-order valence-corrected chi connectivity index (χ1v) is 12.9. The molecule has 0 unspecified atom stereocenters. The summed E-state index contributed by atoms with van der Waals surface area (Å²) in [7, 11) is -7.01. The minimum atomic E-state index is -3.85. The van der Waals surface area contributed by atoms with Crippen molar-refractivity contribution in [1.82, 2.24) is 9.78 Å². The van der Waals surface area contributed by atoms with Crippen molar-refractivity contribution >= 4 is 25.7 Å². The quantitative estimate of drug-likeness (QED) is 0.650. The number of anilines is 1. The smallest absolute Gasteiger partial charge is 0.263 e. The van der Waals surface area contributed by atoms with Crippen LogP contribution in [0.25, 0.3) is 11.3 Å². The van der Waals surface area contributed by atoms with E-state index in [0.29, 0.717) is 12.1 Å². The highest BCUT2D eigenvalue weighted by atomic mass is 32.2. The van der Waals surface area contributed by atoms with Gasteiger partial charge < -0.3 is 0 Å². The first kappa shape index (κ1) is 20.6. The Morgan fingerprint density at radius 2 is 1.60 bits per heavy atom. The van der Waals surface area contributed by atoms with Gasteiger partial charge in [-0.1, -0.05) is 47.5 Å². The van der Waals surface area contributed by atoms with Crippen LogP contribution in [0.5, 0.6) is 0 Å². The fourth-order valence-electron chi connectivity index (χ4n) is 3.50. The SMILES string of the molecule is Cc1ccc(-c2cc(NS(=O)(=O)c3ccc(C)cc3)n([C@@H]3CCS(=O)(=O)C3)n2)cc1. The van der Waals surface area contributed by atoms with Crippen LogP contribution in [0, 0.1) is 13.8 Å². The number of sulfonamides is 1. The van der Waals surface area contributed by atoms with Gasteiger partial charge in [0.25, 0.3) is 10.0 Å². The molecule has 1 atom stereocenters. The Balaban J connectivity index is 1.75. The summed E-state index contributed by atoms with van der Waals surface area (Å²) in [6.07, 6.45) is 0.399. The number of benzene rings is 2. The van der Waals surface area contributed by atoms with Gasteiger partial charge in [0, 0.05) is 11.6 Å². The van der Waals surface area contributed by atoms with Gasteiger partial charge in [-0.3, -0.25) is 4.72 Å². The van der Waals surface area contributed by atoms with Crippen LogP contribution in [0.4, 0.5) is 5.82 Å². The van der Waals surface area contributed by atoms with Crippen LogP contribution in [0.2, 0.25) is 0 Å². The predicted molar refractivity (Wildman–Crippen MR) is 117 cm³/mol. The zero-order valence-electron chi connectivity index (χ0n) is 16.7. The molecule has 4 rings (SSSR count). The summed E-state index contributed by atoms with van der Waals surface area (Å²) in [5.74, 6) is 0.274. The lowest BCUT2D eigenvalue weighted by atomic mass is 10.1. The van der Waals surface area contributed by atoms with Crippen LogP contribution in [0.15, 0.2) is 59.5 Å². The van der Waals surface area contributed by atoms with Crippen molar-refractivity contribution in [2.75, 3.05) is 16.2 Å². The summed E-state index contributed by atoms with van der Waals surface area (Å²) in [5.41, 5.74) is 3.47. The predicted octanol–water partition coefficient (Wildman–Crippen LogP) is 3.33. The third-order valence-electron chi connectivity index (χ3n) is 5.21. The number of aryl methyl sites for hydroxylation is 2. The highest BCUT2D eigenvalue weighted by Gasteiger charge is 2.32. The molecule has 1 fully saturated rings. The lowest BCUT2D eigenvalue weighted by Gasteiger charge is -2.14. The molecule has 1 aliphatic heterocycles. The molecule has 1 aromatic heterocycles. The van der Waals surface area contributed by atoms with Crippen molar-refractivity contribution in [1.29, 1.82) is 0 Å².